The molecule has 0 aromatic rings. The van der Waals surface area contributed by atoms with Crippen molar-refractivity contribution < 1.29 is 25.3 Å². The Balaban J connectivity index is -0.0000000150. The van der Waals surface area contributed by atoms with Crippen molar-refractivity contribution in [2.75, 3.05) is 0 Å². The first kappa shape index (κ1) is 26.3. The van der Waals surface area contributed by atoms with Gasteiger partial charge in [0.15, 0.2) is 17.4 Å². The molecule has 0 fully saturated rings. The molecule has 0 aromatic heterocycles. The van der Waals surface area contributed by atoms with Crippen LogP contribution in [0.4, 0.5) is 4.70 Å². The fraction of sp³-hybridized carbons (Fsp3) is 0. The summed E-state index contributed by atoms with van der Waals surface area (Å²) >= 11 is 0. The maximum absolute atomic E-state index is 7.17. The maximum Gasteiger partial charge on any atom is 0.631 e. The molecule has 0 bridgehead atoms. The lowest BCUT2D eigenvalue weighted by atomic mass is 10.3. The molecule has 0 saturated carbocycles. The van der Waals surface area contributed by atoms with Crippen molar-refractivity contribution in [3.8, 4) is 0 Å². The fourth-order valence-corrected chi connectivity index (χ4v) is 0. The summed E-state index contributed by atoms with van der Waals surface area (Å²) in [6, 6.07) is 0. The van der Waals surface area contributed by atoms with E-state index in [1.54, 1.807) is 0 Å². The zero-order valence-electron chi connectivity index (χ0n) is 2.83. The predicted molar refractivity (Wildman–Crippen MR) is 28.5 cm³/mol. The lowest BCUT2D eigenvalue weighted by Crippen LogP contribution is -2.07. The average Bonchev–Trinajstić information content (AvgIpc) is 0.811. The average molecular weight is 130 g/mol. The van der Waals surface area contributed by atoms with Crippen molar-refractivity contribution in [2.45, 2.75) is 0 Å². The van der Waals surface area contributed by atoms with Crippen LogP contribution in [0.2, 0.25) is 0 Å². The van der Waals surface area contributed by atoms with Crippen LogP contribution in [0.5, 0.6) is 0 Å². The Hall–Kier alpha value is 0.367. The van der Waals surface area contributed by atoms with Gasteiger partial charge >= 0.3 is 7.32 Å². The summed E-state index contributed by atoms with van der Waals surface area (Å²) in [6.45, 7) is 0. The third-order valence-electron chi connectivity index (χ3n) is 0. The van der Waals surface area contributed by atoms with Crippen molar-refractivity contribution in [3.63, 3.8) is 0 Å². The van der Waals surface area contributed by atoms with Gasteiger partial charge in [-0.1, -0.05) is 0 Å². The van der Waals surface area contributed by atoms with Gasteiger partial charge in [-0.25, -0.2) is 0 Å². The number of hydrogen-bond donors (Lipinski definition) is 3. The molecule has 0 atom stereocenters. The lowest BCUT2D eigenvalue weighted by molar-refractivity contribution is 0.278. The van der Waals surface area contributed by atoms with Gasteiger partial charge in [-0.2, -0.15) is 0 Å². The van der Waals surface area contributed by atoms with E-state index in [1.165, 1.54) is 0 Å². The van der Waals surface area contributed by atoms with Gasteiger partial charge in [0, 0.05) is 0 Å². The topological polar surface area (TPSA) is 92.2 Å². The smallest absolute Gasteiger partial charge is 0.412 e. The summed E-state index contributed by atoms with van der Waals surface area (Å²) in [5.41, 5.74) is 0. The van der Waals surface area contributed by atoms with Crippen LogP contribution in [-0.2, 0) is 0 Å². The van der Waals surface area contributed by atoms with Gasteiger partial charge in [0.25, 0.3) is 0 Å². The van der Waals surface area contributed by atoms with E-state index in [2.05, 4.69) is 0 Å². The van der Waals surface area contributed by atoms with Gasteiger partial charge in [-0.15, -0.1) is 0 Å². The summed E-state index contributed by atoms with van der Waals surface area (Å²) in [7, 11) is -2.17. The molecule has 46 valence electrons. The summed E-state index contributed by atoms with van der Waals surface area (Å²) in [4.78, 5) is 0. The van der Waals surface area contributed by atoms with Crippen molar-refractivity contribution in [1.82, 2.24) is 0 Å². The third-order valence-corrected chi connectivity index (χ3v) is 0. The van der Waals surface area contributed by atoms with Gasteiger partial charge in [0.05, 0.1) is 0 Å². The second-order valence-corrected chi connectivity index (χ2v) is 0.346. The van der Waals surface area contributed by atoms with E-state index in [0.717, 1.165) is 0 Å². The molecule has 0 radical (unpaired) electrons. The number of hydrogen-bond acceptors (Lipinski definition) is 3. The first-order chi connectivity index (χ1) is 1.73. The quantitative estimate of drug-likeness (QED) is 0.292. The van der Waals surface area contributed by atoms with E-state index in [1.807, 2.05) is 0 Å². The molecule has 0 rings (SSSR count). The summed E-state index contributed by atoms with van der Waals surface area (Å²) < 4.78 is 0. The predicted octanol–water partition coefficient (Wildman–Crippen LogP) is -3.91. The van der Waals surface area contributed by atoms with Crippen molar-refractivity contribution in [3.05, 3.63) is 0 Å². The summed E-state index contributed by atoms with van der Waals surface area (Å²) in [6.07, 6.45) is 0. The highest BCUT2D eigenvalue weighted by atomic mass is 27.0. The molecule has 4 nitrogen and oxygen atoms in total. The van der Waals surface area contributed by atoms with Gasteiger partial charge in [-0.05, 0) is 0 Å². The summed E-state index contributed by atoms with van der Waals surface area (Å²) in [5.74, 6) is 0. The Labute approximate surface area is 50.8 Å². The van der Waals surface area contributed by atoms with Gasteiger partial charge in [0.1, 0.15) is 0 Å². The molecule has 0 aromatic carbocycles. The Morgan fingerprint density at radius 1 is 1.00 bits per heavy atom. The van der Waals surface area contributed by atoms with Crippen LogP contribution < -0.4 is 0 Å². The van der Waals surface area contributed by atoms with Crippen molar-refractivity contribution in [2.24, 2.45) is 0 Å². The van der Waals surface area contributed by atoms with Crippen LogP contribution in [0.15, 0.2) is 0 Å². The minimum absolute atomic E-state index is 0. The van der Waals surface area contributed by atoms with Gasteiger partial charge in [-0.3, -0.25) is 4.70 Å². The Morgan fingerprint density at radius 2 is 1.00 bits per heavy atom. The lowest BCUT2D eigenvalue weighted by Gasteiger charge is -1.69. The molecule has 0 aliphatic heterocycles. The standard InChI is InChI=1S/Al.BH3O3.FH.H2O.3H/c;2-1(3)4;;;;;/h;2-4H;1H;1H2;;;. The van der Waals surface area contributed by atoms with E-state index in [-0.39, 0.29) is 27.5 Å². The Bertz CT molecular complexity index is 16.4. The highest BCUT2D eigenvalue weighted by Crippen LogP contribution is 1.40. The molecule has 0 aliphatic carbocycles. The number of halogens is 1. The molecule has 7 heteroatoms. The van der Waals surface area contributed by atoms with E-state index in [0.29, 0.717) is 0 Å². The van der Waals surface area contributed by atoms with Gasteiger partial charge in [0.2, 0.25) is 0 Å². The van der Waals surface area contributed by atoms with Crippen LogP contribution in [0.3, 0.4) is 0 Å². The SMILES string of the molecule is F.O.OB(O)O.[AlH3]. The fourth-order valence-electron chi connectivity index (χ4n) is 0. The van der Waals surface area contributed by atoms with E-state index in [9.17, 15) is 0 Å². The molecule has 5 N–H and O–H groups in total. The monoisotopic (exact) mass is 130 g/mol. The van der Waals surface area contributed by atoms with Gasteiger partial charge < -0.3 is 20.5 Å². The van der Waals surface area contributed by atoms with E-state index >= 15 is 0 Å². The van der Waals surface area contributed by atoms with Crippen LogP contribution >= 0.6 is 0 Å². The Kier molecular flexibility index (Phi) is 60.9. The molecular weight excluding hydrogens is 121 g/mol. The second-order valence-electron chi connectivity index (χ2n) is 0.346. The van der Waals surface area contributed by atoms with E-state index in [4.69, 9.17) is 15.1 Å². The van der Waals surface area contributed by atoms with Crippen LogP contribution in [0.1, 0.15) is 0 Å². The highest BCUT2D eigenvalue weighted by Gasteiger charge is 1.92. The summed E-state index contributed by atoms with van der Waals surface area (Å²) in [5, 5.41) is 21.5. The molecular formula is H9AlBFO4. The molecule has 0 heterocycles. The minimum Gasteiger partial charge on any atom is -0.412 e. The number of rotatable bonds is 0. The van der Waals surface area contributed by atoms with Crippen LogP contribution in [-0.4, -0.2) is 45.2 Å². The third kappa shape index (κ3) is 900. The maximum atomic E-state index is 7.17. The molecule has 0 spiro atoms. The van der Waals surface area contributed by atoms with Crippen molar-refractivity contribution >= 4 is 24.7 Å². The molecule has 0 unspecified atom stereocenters. The molecule has 7 heavy (non-hydrogen) atoms. The second kappa shape index (κ2) is 16.2. The molecule has 0 aliphatic rings. The first-order valence-electron chi connectivity index (χ1n) is 0.775. The molecule has 0 saturated heterocycles. The zero-order valence-corrected chi connectivity index (χ0v) is 2.83. The largest absolute Gasteiger partial charge is 0.631 e. The normalized spacial score (nSPS) is 3.86. The zero-order chi connectivity index (χ0) is 3.58. The van der Waals surface area contributed by atoms with Crippen LogP contribution in [0.25, 0.3) is 0 Å². The Morgan fingerprint density at radius 3 is 1.00 bits per heavy atom. The van der Waals surface area contributed by atoms with Crippen LogP contribution in [0, 0.1) is 0 Å². The first-order valence-corrected chi connectivity index (χ1v) is 0.775. The van der Waals surface area contributed by atoms with Crippen molar-refractivity contribution in [1.29, 1.82) is 0 Å². The highest BCUT2D eigenvalue weighted by molar-refractivity contribution is 6.30. The van der Waals surface area contributed by atoms with E-state index < -0.39 is 7.32 Å². The minimum atomic E-state index is -2.17. The molecule has 0 amide bonds.